The molecule has 0 bridgehead atoms. The lowest BCUT2D eigenvalue weighted by molar-refractivity contribution is -0.134. The van der Waals surface area contributed by atoms with Gasteiger partial charge in [0.2, 0.25) is 5.91 Å². The third kappa shape index (κ3) is 5.11. The van der Waals surface area contributed by atoms with Gasteiger partial charge in [-0.1, -0.05) is 0 Å². The summed E-state index contributed by atoms with van der Waals surface area (Å²) in [6, 6.07) is -0.321. The Bertz CT molecular complexity index is 734. The summed E-state index contributed by atoms with van der Waals surface area (Å²) < 4.78 is 29.2. The summed E-state index contributed by atoms with van der Waals surface area (Å²) in [4.78, 5) is 27.3. The molecule has 0 N–H and O–H groups in total. The summed E-state index contributed by atoms with van der Waals surface area (Å²) in [6.45, 7) is 5.30. The number of carbonyl (C=O) groups is 2. The molecule has 0 aromatic carbocycles. The Labute approximate surface area is 167 Å². The first-order chi connectivity index (χ1) is 13.3. The van der Waals surface area contributed by atoms with Crippen molar-refractivity contribution in [3.8, 4) is 0 Å². The van der Waals surface area contributed by atoms with Crippen LogP contribution in [-0.4, -0.2) is 78.7 Å². The molecule has 3 rings (SSSR count). The maximum atomic E-state index is 13.2. The quantitative estimate of drug-likeness (QED) is 0.655. The van der Waals surface area contributed by atoms with Gasteiger partial charge in [0.15, 0.2) is 9.84 Å². The molecule has 3 aliphatic heterocycles. The van der Waals surface area contributed by atoms with Crippen LogP contribution >= 0.6 is 0 Å². The Morgan fingerprint density at radius 1 is 1.25 bits per heavy atom. The largest absolute Gasteiger partial charge is 0.379 e. The van der Waals surface area contributed by atoms with E-state index in [-0.39, 0.29) is 41.9 Å². The Morgan fingerprint density at radius 3 is 2.71 bits per heavy atom. The van der Waals surface area contributed by atoms with E-state index in [1.165, 1.54) is 5.01 Å². The fraction of sp³-hybridized carbons (Fsp3) is 0.842. The maximum Gasteiger partial charge on any atom is 0.270 e. The summed E-state index contributed by atoms with van der Waals surface area (Å²) in [5.74, 6) is -0.306. The van der Waals surface area contributed by atoms with Crippen molar-refractivity contribution < 1.29 is 22.7 Å². The second kappa shape index (κ2) is 8.90. The highest BCUT2D eigenvalue weighted by Crippen LogP contribution is 2.25. The van der Waals surface area contributed by atoms with Crippen LogP contribution in [0.4, 0.5) is 0 Å². The Kier molecular flexibility index (Phi) is 6.75. The third-order valence-electron chi connectivity index (χ3n) is 5.65. The Hall–Kier alpha value is -1.48. The summed E-state index contributed by atoms with van der Waals surface area (Å²) in [5, 5.41) is 5.61. The van der Waals surface area contributed by atoms with Gasteiger partial charge in [-0.25, -0.2) is 13.4 Å². The Morgan fingerprint density at radius 2 is 2.04 bits per heavy atom. The average Bonchev–Trinajstić information content (AvgIpc) is 3.01. The fourth-order valence-corrected chi connectivity index (χ4v) is 5.84. The van der Waals surface area contributed by atoms with Crippen molar-refractivity contribution in [1.82, 2.24) is 9.91 Å². The summed E-state index contributed by atoms with van der Waals surface area (Å²) in [7, 11) is -3.12. The predicted molar refractivity (Wildman–Crippen MR) is 106 cm³/mol. The lowest BCUT2D eigenvalue weighted by atomic mass is 9.98. The number of hydrazone groups is 1. The van der Waals surface area contributed by atoms with Crippen LogP contribution in [0, 0.1) is 0 Å². The molecule has 8 nitrogen and oxygen atoms in total. The normalized spacial score (nSPS) is 28.0. The molecule has 0 spiro atoms. The van der Waals surface area contributed by atoms with Crippen LogP contribution in [0.2, 0.25) is 0 Å². The predicted octanol–water partition coefficient (Wildman–Crippen LogP) is 1.35. The highest BCUT2D eigenvalue weighted by molar-refractivity contribution is 7.91. The van der Waals surface area contributed by atoms with Crippen molar-refractivity contribution in [3.63, 3.8) is 0 Å². The van der Waals surface area contributed by atoms with Crippen LogP contribution in [0.15, 0.2) is 5.10 Å². The molecule has 2 amide bonds. The topological polar surface area (TPSA) is 96.3 Å². The second-order valence-corrected chi connectivity index (χ2v) is 10.4. The lowest BCUT2D eigenvalue weighted by Gasteiger charge is -2.37. The first-order valence-corrected chi connectivity index (χ1v) is 12.1. The van der Waals surface area contributed by atoms with Crippen LogP contribution < -0.4 is 0 Å². The maximum absolute atomic E-state index is 13.2. The molecule has 9 heteroatoms. The fourth-order valence-electron chi connectivity index (χ4n) is 4.15. The van der Waals surface area contributed by atoms with E-state index in [1.54, 1.807) is 0 Å². The number of rotatable bonds is 6. The van der Waals surface area contributed by atoms with Gasteiger partial charge in [-0.3, -0.25) is 9.59 Å². The Balaban J connectivity index is 1.70. The van der Waals surface area contributed by atoms with Crippen molar-refractivity contribution in [2.45, 2.75) is 77.0 Å². The van der Waals surface area contributed by atoms with E-state index in [2.05, 4.69) is 5.10 Å². The van der Waals surface area contributed by atoms with Gasteiger partial charge in [-0.2, -0.15) is 5.10 Å². The molecular formula is C19H31N3O5S. The van der Waals surface area contributed by atoms with E-state index in [9.17, 15) is 18.0 Å². The molecule has 3 aliphatic rings. The van der Waals surface area contributed by atoms with Crippen molar-refractivity contribution >= 4 is 27.4 Å². The molecule has 2 saturated heterocycles. The van der Waals surface area contributed by atoms with E-state index >= 15 is 0 Å². The number of carbonyl (C=O) groups excluding carboxylic acids is 2. The summed E-state index contributed by atoms with van der Waals surface area (Å²) >= 11 is 0. The third-order valence-corrected chi connectivity index (χ3v) is 7.40. The van der Waals surface area contributed by atoms with Crippen LogP contribution in [0.1, 0.15) is 58.8 Å². The van der Waals surface area contributed by atoms with Gasteiger partial charge in [0.25, 0.3) is 5.91 Å². The molecule has 0 aromatic heterocycles. The molecule has 0 aromatic rings. The molecule has 2 atom stereocenters. The minimum atomic E-state index is -3.12. The number of piperidine rings is 1. The van der Waals surface area contributed by atoms with Crippen molar-refractivity contribution in [3.05, 3.63) is 0 Å². The zero-order valence-electron chi connectivity index (χ0n) is 16.8. The smallest absolute Gasteiger partial charge is 0.270 e. The van der Waals surface area contributed by atoms with Gasteiger partial charge in [0.1, 0.15) is 5.71 Å². The van der Waals surface area contributed by atoms with E-state index in [4.69, 9.17) is 4.74 Å². The number of hydrogen-bond donors (Lipinski definition) is 0. The van der Waals surface area contributed by atoms with Gasteiger partial charge in [0, 0.05) is 32.0 Å². The lowest BCUT2D eigenvalue weighted by Crippen LogP contribution is -2.50. The van der Waals surface area contributed by atoms with Gasteiger partial charge in [-0.15, -0.1) is 0 Å². The first-order valence-electron chi connectivity index (χ1n) is 10.3. The van der Waals surface area contributed by atoms with Crippen LogP contribution in [0.3, 0.4) is 0 Å². The number of sulfone groups is 1. The van der Waals surface area contributed by atoms with E-state index in [0.29, 0.717) is 31.7 Å². The van der Waals surface area contributed by atoms with Crippen molar-refractivity contribution in [2.24, 2.45) is 5.10 Å². The summed E-state index contributed by atoms with van der Waals surface area (Å²) in [6.07, 6.45) is 4.87. The number of amides is 2. The van der Waals surface area contributed by atoms with Gasteiger partial charge >= 0.3 is 0 Å². The van der Waals surface area contributed by atoms with Crippen LogP contribution in [0.5, 0.6) is 0 Å². The molecule has 2 fully saturated rings. The number of likely N-dealkylation sites (tertiary alicyclic amines) is 1. The molecule has 158 valence electrons. The van der Waals surface area contributed by atoms with Crippen molar-refractivity contribution in [2.75, 3.05) is 24.7 Å². The monoisotopic (exact) mass is 413 g/mol. The molecule has 28 heavy (non-hydrogen) atoms. The minimum Gasteiger partial charge on any atom is -0.379 e. The zero-order chi connectivity index (χ0) is 20.3. The van der Waals surface area contributed by atoms with E-state index < -0.39 is 15.9 Å². The molecular weight excluding hydrogens is 382 g/mol. The van der Waals surface area contributed by atoms with Gasteiger partial charge in [0.05, 0.1) is 23.7 Å². The molecule has 0 saturated carbocycles. The van der Waals surface area contributed by atoms with Gasteiger partial charge < -0.3 is 9.64 Å². The number of nitrogens with zero attached hydrogens (tertiary/aromatic N) is 3. The highest BCUT2D eigenvalue weighted by atomic mass is 32.2. The van der Waals surface area contributed by atoms with Gasteiger partial charge in [-0.05, 0) is 46.0 Å². The first kappa shape index (κ1) is 21.2. The highest BCUT2D eigenvalue weighted by Gasteiger charge is 2.38. The number of hydrogen-bond acceptors (Lipinski definition) is 6. The zero-order valence-corrected chi connectivity index (χ0v) is 17.6. The minimum absolute atomic E-state index is 0.0669. The number of ether oxygens (including phenoxy) is 1. The average molecular weight is 414 g/mol. The van der Waals surface area contributed by atoms with Crippen LogP contribution in [0.25, 0.3) is 0 Å². The summed E-state index contributed by atoms with van der Waals surface area (Å²) in [5.41, 5.74) is 0.376. The SMILES string of the molecule is CC(C)OCC[C@@H]1CCCCN1C(=O)C1=NN([C@H]2CCS(=O)(=O)C2)C(=O)CC1. The van der Waals surface area contributed by atoms with Crippen molar-refractivity contribution in [1.29, 1.82) is 0 Å². The van der Waals surface area contributed by atoms with E-state index in [1.807, 2.05) is 18.7 Å². The second-order valence-electron chi connectivity index (χ2n) is 8.20. The molecule has 0 unspecified atom stereocenters. The molecule has 0 radical (unpaired) electrons. The van der Waals surface area contributed by atoms with E-state index in [0.717, 1.165) is 25.7 Å². The standard InChI is InChI=1S/C19H31N3O5S/c1-14(2)27-11-8-15-5-3-4-10-21(15)19(24)17-6-7-18(23)22(20-17)16-9-12-28(25,26)13-16/h14-16H,3-13H2,1-2H3/t15-,16-/m0/s1. The molecule has 0 aliphatic carbocycles. The van der Waals surface area contributed by atoms with Crippen LogP contribution in [-0.2, 0) is 24.2 Å². The molecule has 3 heterocycles.